The van der Waals surface area contributed by atoms with E-state index < -0.39 is 18.0 Å². The standard InChI is InChI=1S/C22H23F5N2O3/c23-17-5-6-20(19(24)15-17)31-13-12-28-8-10-29(11-9-28)21(30)7-4-16-2-1-3-18(14-16)32-22(25,26)27/h1-3,5-6,14-15H,4,7-13H2. The van der Waals surface area contributed by atoms with Crippen molar-refractivity contribution in [3.05, 3.63) is 59.7 Å². The average molecular weight is 458 g/mol. The molecule has 32 heavy (non-hydrogen) atoms. The van der Waals surface area contributed by atoms with Crippen LogP contribution in [0.25, 0.3) is 0 Å². The van der Waals surface area contributed by atoms with Gasteiger partial charge in [-0.25, -0.2) is 8.78 Å². The number of carbonyl (C=O) groups is 1. The van der Waals surface area contributed by atoms with Crippen molar-refractivity contribution in [1.82, 2.24) is 9.80 Å². The van der Waals surface area contributed by atoms with E-state index in [1.807, 2.05) is 0 Å². The number of alkyl halides is 3. The summed E-state index contributed by atoms with van der Waals surface area (Å²) in [6.45, 7) is 3.03. The van der Waals surface area contributed by atoms with Crippen LogP contribution < -0.4 is 9.47 Å². The van der Waals surface area contributed by atoms with Crippen LogP contribution in [0, 0.1) is 11.6 Å². The summed E-state index contributed by atoms with van der Waals surface area (Å²) < 4.78 is 72.7. The molecule has 1 saturated heterocycles. The van der Waals surface area contributed by atoms with Crippen molar-refractivity contribution < 1.29 is 36.2 Å². The largest absolute Gasteiger partial charge is 0.573 e. The van der Waals surface area contributed by atoms with E-state index in [-0.39, 0.29) is 30.4 Å². The highest BCUT2D eigenvalue weighted by Crippen LogP contribution is 2.24. The summed E-state index contributed by atoms with van der Waals surface area (Å²) >= 11 is 0. The van der Waals surface area contributed by atoms with Gasteiger partial charge in [-0.05, 0) is 36.2 Å². The van der Waals surface area contributed by atoms with E-state index in [2.05, 4.69) is 9.64 Å². The van der Waals surface area contributed by atoms with Gasteiger partial charge >= 0.3 is 6.36 Å². The lowest BCUT2D eigenvalue weighted by Crippen LogP contribution is -2.49. The fourth-order valence-electron chi connectivity index (χ4n) is 3.41. The molecule has 5 nitrogen and oxygen atoms in total. The average Bonchev–Trinajstić information content (AvgIpc) is 2.73. The molecule has 0 unspecified atom stereocenters. The van der Waals surface area contributed by atoms with Gasteiger partial charge in [0.1, 0.15) is 18.2 Å². The maximum atomic E-state index is 13.6. The van der Waals surface area contributed by atoms with Gasteiger partial charge in [0, 0.05) is 45.2 Å². The van der Waals surface area contributed by atoms with Crippen LogP contribution in [-0.2, 0) is 11.2 Å². The Labute approximate surface area is 182 Å². The summed E-state index contributed by atoms with van der Waals surface area (Å²) in [6.07, 6.45) is -4.26. The SMILES string of the molecule is O=C(CCc1cccc(OC(F)(F)F)c1)N1CCN(CCOc2ccc(F)cc2F)CC1. The zero-order chi connectivity index (χ0) is 23.1. The van der Waals surface area contributed by atoms with Crippen LogP contribution in [0.4, 0.5) is 22.0 Å². The monoisotopic (exact) mass is 458 g/mol. The van der Waals surface area contributed by atoms with Gasteiger partial charge < -0.3 is 14.4 Å². The van der Waals surface area contributed by atoms with Crippen molar-refractivity contribution >= 4 is 5.91 Å². The lowest BCUT2D eigenvalue weighted by atomic mass is 10.1. The van der Waals surface area contributed by atoms with E-state index in [4.69, 9.17) is 4.74 Å². The second-order valence-electron chi connectivity index (χ2n) is 7.34. The number of nitrogens with zero attached hydrogens (tertiary/aromatic N) is 2. The van der Waals surface area contributed by atoms with E-state index in [0.29, 0.717) is 44.7 Å². The number of halogens is 5. The molecular weight excluding hydrogens is 435 g/mol. The molecule has 1 aliphatic heterocycles. The molecule has 2 aromatic carbocycles. The minimum Gasteiger partial charge on any atom is -0.489 e. The Morgan fingerprint density at radius 3 is 2.44 bits per heavy atom. The number of carbonyl (C=O) groups excluding carboxylic acids is 1. The van der Waals surface area contributed by atoms with Crippen LogP contribution in [0.5, 0.6) is 11.5 Å². The number of hydrogen-bond donors (Lipinski definition) is 0. The van der Waals surface area contributed by atoms with Gasteiger partial charge in [-0.3, -0.25) is 9.69 Å². The maximum absolute atomic E-state index is 13.6. The van der Waals surface area contributed by atoms with Crippen LogP contribution in [0.15, 0.2) is 42.5 Å². The normalized spacial score (nSPS) is 15.0. The van der Waals surface area contributed by atoms with Crippen molar-refractivity contribution in [1.29, 1.82) is 0 Å². The summed E-state index contributed by atoms with van der Waals surface area (Å²) in [5.74, 6) is -1.81. The molecule has 1 amide bonds. The molecule has 0 N–H and O–H groups in total. The van der Waals surface area contributed by atoms with Gasteiger partial charge in [0.15, 0.2) is 11.6 Å². The second kappa shape index (κ2) is 10.6. The van der Waals surface area contributed by atoms with Gasteiger partial charge in [0.05, 0.1) is 0 Å². The lowest BCUT2D eigenvalue weighted by molar-refractivity contribution is -0.274. The van der Waals surface area contributed by atoms with E-state index >= 15 is 0 Å². The number of piperazine rings is 1. The van der Waals surface area contributed by atoms with Gasteiger partial charge in [-0.2, -0.15) is 0 Å². The number of benzene rings is 2. The Balaban J connectivity index is 1.37. The minimum absolute atomic E-state index is 0.00934. The summed E-state index contributed by atoms with van der Waals surface area (Å²) in [5, 5.41) is 0. The van der Waals surface area contributed by atoms with Gasteiger partial charge in [-0.1, -0.05) is 12.1 Å². The Hall–Kier alpha value is -2.88. The summed E-state index contributed by atoms with van der Waals surface area (Å²) in [7, 11) is 0. The van der Waals surface area contributed by atoms with Crippen molar-refractivity contribution in [2.24, 2.45) is 0 Å². The Kier molecular flexibility index (Phi) is 7.89. The number of amides is 1. The fraction of sp³-hybridized carbons (Fsp3) is 0.409. The van der Waals surface area contributed by atoms with E-state index in [0.717, 1.165) is 12.1 Å². The molecule has 0 radical (unpaired) electrons. The molecule has 0 bridgehead atoms. The van der Waals surface area contributed by atoms with E-state index in [1.54, 1.807) is 11.0 Å². The molecule has 0 aromatic heterocycles. The van der Waals surface area contributed by atoms with Crippen molar-refractivity contribution in [2.75, 3.05) is 39.3 Å². The fourth-order valence-corrected chi connectivity index (χ4v) is 3.41. The molecule has 10 heteroatoms. The van der Waals surface area contributed by atoms with Gasteiger partial charge in [0.25, 0.3) is 0 Å². The summed E-state index contributed by atoms with van der Waals surface area (Å²) in [5.41, 5.74) is 0.587. The first-order valence-electron chi connectivity index (χ1n) is 10.1. The quantitative estimate of drug-likeness (QED) is 0.561. The third kappa shape index (κ3) is 7.37. The molecule has 0 saturated carbocycles. The third-order valence-electron chi connectivity index (χ3n) is 5.04. The molecule has 1 heterocycles. The highest BCUT2D eigenvalue weighted by Gasteiger charge is 2.31. The predicted octanol–water partition coefficient (Wildman–Crippen LogP) is 4.02. The lowest BCUT2D eigenvalue weighted by Gasteiger charge is -2.34. The zero-order valence-corrected chi connectivity index (χ0v) is 17.2. The predicted molar refractivity (Wildman–Crippen MR) is 106 cm³/mol. The van der Waals surface area contributed by atoms with Crippen LogP contribution in [0.3, 0.4) is 0 Å². The highest BCUT2D eigenvalue weighted by molar-refractivity contribution is 5.76. The minimum atomic E-state index is -4.76. The number of hydrogen-bond acceptors (Lipinski definition) is 4. The number of ether oxygens (including phenoxy) is 2. The molecule has 0 aliphatic carbocycles. The molecular formula is C22H23F5N2O3. The van der Waals surface area contributed by atoms with Crippen molar-refractivity contribution in [3.8, 4) is 11.5 Å². The second-order valence-corrected chi connectivity index (χ2v) is 7.34. The number of aryl methyl sites for hydroxylation is 1. The van der Waals surface area contributed by atoms with Crippen molar-refractivity contribution in [2.45, 2.75) is 19.2 Å². The van der Waals surface area contributed by atoms with Crippen LogP contribution in [0.1, 0.15) is 12.0 Å². The Morgan fingerprint density at radius 1 is 1.00 bits per heavy atom. The molecule has 0 spiro atoms. The molecule has 1 fully saturated rings. The van der Waals surface area contributed by atoms with Crippen LogP contribution >= 0.6 is 0 Å². The maximum Gasteiger partial charge on any atom is 0.573 e. The summed E-state index contributed by atoms with van der Waals surface area (Å²) in [4.78, 5) is 16.2. The van der Waals surface area contributed by atoms with Gasteiger partial charge in [0.2, 0.25) is 5.91 Å². The van der Waals surface area contributed by atoms with E-state index in [1.165, 1.54) is 24.3 Å². The number of rotatable bonds is 8. The van der Waals surface area contributed by atoms with E-state index in [9.17, 15) is 26.7 Å². The third-order valence-corrected chi connectivity index (χ3v) is 5.04. The smallest absolute Gasteiger partial charge is 0.489 e. The first-order chi connectivity index (χ1) is 15.2. The topological polar surface area (TPSA) is 42.0 Å². The first kappa shape index (κ1) is 23.8. The molecule has 3 rings (SSSR count). The molecule has 1 aliphatic rings. The van der Waals surface area contributed by atoms with Gasteiger partial charge in [-0.15, -0.1) is 13.2 Å². The van der Waals surface area contributed by atoms with Crippen molar-refractivity contribution in [3.63, 3.8) is 0 Å². The molecule has 0 atom stereocenters. The Bertz CT molecular complexity index is 915. The molecule has 174 valence electrons. The molecule has 2 aromatic rings. The zero-order valence-electron chi connectivity index (χ0n) is 17.2. The Morgan fingerprint density at radius 2 is 1.75 bits per heavy atom. The first-order valence-corrected chi connectivity index (χ1v) is 10.1. The van der Waals surface area contributed by atoms with Crippen LogP contribution in [0.2, 0.25) is 0 Å². The van der Waals surface area contributed by atoms with Crippen LogP contribution in [-0.4, -0.2) is 61.4 Å². The highest BCUT2D eigenvalue weighted by atomic mass is 19.4. The summed E-state index contributed by atoms with van der Waals surface area (Å²) in [6, 6.07) is 8.74.